The number of aliphatic hydroxyl groups excluding tert-OH is 3. The molecule has 0 aromatic heterocycles. The minimum Gasteiger partial charge on any atom is -0.481 e. The summed E-state index contributed by atoms with van der Waals surface area (Å²) in [6.07, 6.45) is -0.954. The summed E-state index contributed by atoms with van der Waals surface area (Å²) in [4.78, 5) is 36.0. The summed E-state index contributed by atoms with van der Waals surface area (Å²) >= 11 is 0. The lowest BCUT2D eigenvalue weighted by atomic mass is 10.4. The second kappa shape index (κ2) is 27.2. The largest absolute Gasteiger partial charge is 0.481 e. The summed E-state index contributed by atoms with van der Waals surface area (Å²) in [5, 5.41) is 53.7. The quantitative estimate of drug-likeness (QED) is 0.315. The molecule has 11 nitrogen and oxygen atoms in total. The van der Waals surface area contributed by atoms with Crippen molar-refractivity contribution in [3.8, 4) is 0 Å². The van der Waals surface area contributed by atoms with Crippen molar-refractivity contribution in [2.45, 2.75) is 33.8 Å². The van der Waals surface area contributed by atoms with Crippen LogP contribution >= 0.6 is 0 Å². The van der Waals surface area contributed by atoms with Gasteiger partial charge in [-0.05, 0) is 0 Å². The highest BCUT2D eigenvalue weighted by atomic mass is 16.4. The van der Waals surface area contributed by atoms with Gasteiger partial charge in [-0.15, -0.1) is 0 Å². The molecule has 0 unspecified atom stereocenters. The number of rotatable bonds is 2. The molecule has 0 aromatic carbocycles. The molecule has 0 bridgehead atoms. The summed E-state index contributed by atoms with van der Waals surface area (Å²) in [5.74, 6) is -3.33. The Balaban J connectivity index is -0.0000000555. The highest BCUT2D eigenvalue weighted by Gasteiger charge is 1.93. The first-order chi connectivity index (χ1) is 9.74. The molecule has 0 rings (SSSR count). The van der Waals surface area contributed by atoms with Crippen LogP contribution in [0.4, 0.5) is 0 Å². The fourth-order valence-corrected chi connectivity index (χ4v) is 0.0577. The number of carboxylic acids is 4. The Bertz CT molecular complexity index is 220. The van der Waals surface area contributed by atoms with Crippen LogP contribution in [0.25, 0.3) is 0 Å². The van der Waals surface area contributed by atoms with E-state index in [0.29, 0.717) is 0 Å². The maximum absolute atomic E-state index is 9.00. The Morgan fingerprint density at radius 3 is 0.727 bits per heavy atom. The molecule has 22 heavy (non-hydrogen) atoms. The average Bonchev–Trinajstić information content (AvgIpc) is 2.24. The van der Waals surface area contributed by atoms with E-state index in [0.717, 1.165) is 27.7 Å². The maximum atomic E-state index is 9.00. The Labute approximate surface area is 127 Å². The van der Waals surface area contributed by atoms with Crippen LogP contribution in [0, 0.1) is 0 Å². The molecule has 0 aliphatic rings. The summed E-state index contributed by atoms with van der Waals surface area (Å²) < 4.78 is 0. The van der Waals surface area contributed by atoms with Crippen molar-refractivity contribution in [3.05, 3.63) is 0 Å². The fraction of sp³-hybridized carbons (Fsp3) is 0.636. The lowest BCUT2D eigenvalue weighted by Gasteiger charge is -1.96. The van der Waals surface area contributed by atoms with Crippen LogP contribution < -0.4 is 0 Å². The van der Waals surface area contributed by atoms with Gasteiger partial charge in [0.05, 0.1) is 13.2 Å². The van der Waals surface area contributed by atoms with Crippen molar-refractivity contribution in [3.63, 3.8) is 0 Å². The van der Waals surface area contributed by atoms with Crippen molar-refractivity contribution in [2.24, 2.45) is 0 Å². The summed E-state index contributed by atoms with van der Waals surface area (Å²) in [7, 11) is 0. The summed E-state index contributed by atoms with van der Waals surface area (Å²) in [6.45, 7) is 3.60. The molecule has 0 amide bonds. The van der Waals surface area contributed by atoms with Gasteiger partial charge in [-0.25, -0.2) is 0 Å². The van der Waals surface area contributed by atoms with E-state index in [1.54, 1.807) is 0 Å². The van der Waals surface area contributed by atoms with E-state index in [2.05, 4.69) is 0 Å². The molecule has 0 spiro atoms. The van der Waals surface area contributed by atoms with Crippen LogP contribution in [0.3, 0.4) is 0 Å². The van der Waals surface area contributed by atoms with Gasteiger partial charge < -0.3 is 35.7 Å². The predicted molar refractivity (Wildman–Crippen MR) is 73.4 cm³/mol. The molecule has 11 heteroatoms. The van der Waals surface area contributed by atoms with Crippen LogP contribution in [0.15, 0.2) is 0 Å². The fourth-order valence-electron chi connectivity index (χ4n) is 0.0577. The van der Waals surface area contributed by atoms with E-state index in [-0.39, 0.29) is 13.2 Å². The van der Waals surface area contributed by atoms with E-state index < -0.39 is 30.0 Å². The van der Waals surface area contributed by atoms with Gasteiger partial charge in [-0.3, -0.25) is 19.2 Å². The van der Waals surface area contributed by atoms with Crippen molar-refractivity contribution in [2.75, 3.05) is 13.2 Å². The van der Waals surface area contributed by atoms with E-state index >= 15 is 0 Å². The Morgan fingerprint density at radius 2 is 0.727 bits per heavy atom. The Morgan fingerprint density at radius 1 is 0.636 bits per heavy atom. The second-order valence-corrected chi connectivity index (χ2v) is 3.10. The third kappa shape index (κ3) is 1610. The summed E-state index contributed by atoms with van der Waals surface area (Å²) in [5.41, 5.74) is 0. The number of aliphatic hydroxyl groups is 3. The Kier molecular flexibility index (Phi) is 39.4. The number of aliphatic carboxylic acids is 4. The first-order valence-corrected chi connectivity index (χ1v) is 5.42. The second-order valence-electron chi connectivity index (χ2n) is 3.10. The molecule has 0 heterocycles. The topological polar surface area (TPSA) is 210 Å². The maximum Gasteiger partial charge on any atom is 0.300 e. The minimum atomic E-state index is -0.954. The SMILES string of the molecule is CC(=O)O.CC(=O)O.CC(=O)O.CC(=O)O.OCC(O)CO. The standard InChI is InChI=1S/C3H8O3.4C2H4O2/c4-1-3(6)2-5;4*1-2(3)4/h3-6H,1-2H2;4*1H3,(H,3,4). The smallest absolute Gasteiger partial charge is 0.300 e. The zero-order chi connectivity index (χ0) is 19.3. The lowest BCUT2D eigenvalue weighted by Crippen LogP contribution is -2.15. The van der Waals surface area contributed by atoms with Crippen LogP contribution in [0.5, 0.6) is 0 Å². The minimum absolute atomic E-state index is 0.365. The molecule has 0 saturated heterocycles. The van der Waals surface area contributed by atoms with Crippen LogP contribution in [-0.2, 0) is 19.2 Å². The molecular weight excluding hydrogens is 308 g/mol. The van der Waals surface area contributed by atoms with Crippen molar-refractivity contribution in [1.29, 1.82) is 0 Å². The van der Waals surface area contributed by atoms with Crippen LogP contribution in [0.1, 0.15) is 27.7 Å². The van der Waals surface area contributed by atoms with Gasteiger partial charge in [0.15, 0.2) is 0 Å². The molecule has 0 aromatic rings. The van der Waals surface area contributed by atoms with Crippen molar-refractivity contribution >= 4 is 23.9 Å². The monoisotopic (exact) mass is 332 g/mol. The van der Waals surface area contributed by atoms with Gasteiger partial charge in [-0.1, -0.05) is 0 Å². The zero-order valence-electron chi connectivity index (χ0n) is 12.8. The number of hydrogen-bond acceptors (Lipinski definition) is 7. The van der Waals surface area contributed by atoms with Gasteiger partial charge in [0, 0.05) is 27.7 Å². The molecule has 0 atom stereocenters. The summed E-state index contributed by atoms with van der Waals surface area (Å²) in [6, 6.07) is 0. The highest BCUT2D eigenvalue weighted by molar-refractivity contribution is 5.63. The van der Waals surface area contributed by atoms with Gasteiger partial charge in [0.25, 0.3) is 23.9 Å². The van der Waals surface area contributed by atoms with E-state index in [1.165, 1.54) is 0 Å². The zero-order valence-corrected chi connectivity index (χ0v) is 12.8. The van der Waals surface area contributed by atoms with Gasteiger partial charge in [0.1, 0.15) is 6.10 Å². The lowest BCUT2D eigenvalue weighted by molar-refractivity contribution is -0.135. The normalized spacial score (nSPS) is 7.27. The first kappa shape index (κ1) is 31.9. The third-order valence-corrected chi connectivity index (χ3v) is 0.421. The van der Waals surface area contributed by atoms with E-state index in [9.17, 15) is 0 Å². The Hall–Kier alpha value is -2.24. The molecule has 0 aliphatic heterocycles. The van der Waals surface area contributed by atoms with Gasteiger partial charge in [-0.2, -0.15) is 0 Å². The van der Waals surface area contributed by atoms with Gasteiger partial charge in [0.2, 0.25) is 0 Å². The molecule has 0 fully saturated rings. The molecule has 0 saturated carbocycles. The molecule has 0 radical (unpaired) electrons. The third-order valence-electron chi connectivity index (χ3n) is 0.421. The first-order valence-electron chi connectivity index (χ1n) is 5.42. The average molecular weight is 332 g/mol. The molecule has 7 N–H and O–H groups in total. The number of carboxylic acid groups (broad SMARTS) is 4. The van der Waals surface area contributed by atoms with Crippen molar-refractivity contribution < 1.29 is 54.9 Å². The van der Waals surface area contributed by atoms with E-state index in [1.807, 2.05) is 0 Å². The molecule has 0 aliphatic carbocycles. The van der Waals surface area contributed by atoms with Crippen LogP contribution in [-0.4, -0.2) is 78.9 Å². The highest BCUT2D eigenvalue weighted by Crippen LogP contribution is 1.71. The van der Waals surface area contributed by atoms with E-state index in [4.69, 9.17) is 54.9 Å². The van der Waals surface area contributed by atoms with Crippen LogP contribution in [0.2, 0.25) is 0 Å². The number of carbonyl (C=O) groups is 4. The predicted octanol–water partition coefficient (Wildman–Crippen LogP) is -1.30. The molecule has 134 valence electrons. The van der Waals surface area contributed by atoms with Crippen molar-refractivity contribution in [1.82, 2.24) is 0 Å². The number of hydrogen-bond donors (Lipinski definition) is 7. The van der Waals surface area contributed by atoms with Gasteiger partial charge >= 0.3 is 0 Å². The molecular formula is C11H24O11.